The summed E-state index contributed by atoms with van der Waals surface area (Å²) in [5.41, 5.74) is 12.1. The third-order valence-electron chi connectivity index (χ3n) is 6.81. The lowest BCUT2D eigenvalue weighted by atomic mass is 10.1. The first kappa shape index (κ1) is 37.6. The van der Waals surface area contributed by atoms with Crippen LogP contribution < -0.4 is 22.1 Å². The van der Waals surface area contributed by atoms with Crippen molar-refractivity contribution < 1.29 is 28.4 Å². The normalized spacial score (nSPS) is 23.3. The average molecular weight is 577 g/mol. The summed E-state index contributed by atoms with van der Waals surface area (Å²) in [7, 11) is 0. The summed E-state index contributed by atoms with van der Waals surface area (Å²) in [6.07, 6.45) is 15.5. The molecular formula is C30H64N4O6. The number of rotatable bonds is 18. The first-order valence-corrected chi connectivity index (χ1v) is 16.2. The molecule has 0 amide bonds. The second-order valence-corrected chi connectivity index (χ2v) is 10.6. The van der Waals surface area contributed by atoms with Gasteiger partial charge in [-0.1, -0.05) is 51.9 Å². The molecule has 0 bridgehead atoms. The Bertz CT molecular complexity index is 509. The summed E-state index contributed by atoms with van der Waals surface area (Å²) in [6.45, 7) is 9.70. The maximum absolute atomic E-state index is 6.44. The summed E-state index contributed by atoms with van der Waals surface area (Å²) >= 11 is 0. The molecule has 0 aromatic rings. The minimum atomic E-state index is -0.167. The predicted octanol–water partition coefficient (Wildman–Crippen LogP) is 3.66. The number of nitrogens with two attached hydrogens (primary N) is 2. The third-order valence-corrected chi connectivity index (χ3v) is 6.81. The molecule has 40 heavy (non-hydrogen) atoms. The maximum Gasteiger partial charge on any atom is 0.109 e. The molecule has 0 saturated carbocycles. The monoisotopic (exact) mass is 576 g/mol. The fourth-order valence-corrected chi connectivity index (χ4v) is 4.50. The Hall–Kier alpha value is -0.400. The lowest BCUT2D eigenvalue weighted by Crippen LogP contribution is -2.55. The average Bonchev–Trinajstić information content (AvgIpc) is 2.95. The number of nitrogens with one attached hydrogen (secondary N) is 2. The van der Waals surface area contributed by atoms with Gasteiger partial charge >= 0.3 is 0 Å². The predicted molar refractivity (Wildman–Crippen MR) is 161 cm³/mol. The van der Waals surface area contributed by atoms with Crippen molar-refractivity contribution >= 4 is 0 Å². The third kappa shape index (κ3) is 25.3. The zero-order valence-corrected chi connectivity index (χ0v) is 25.7. The van der Waals surface area contributed by atoms with E-state index in [2.05, 4.69) is 17.6 Å². The van der Waals surface area contributed by atoms with Gasteiger partial charge < -0.3 is 39.9 Å². The van der Waals surface area contributed by atoms with E-state index < -0.39 is 0 Å². The highest BCUT2D eigenvalue weighted by atomic mass is 16.6. The van der Waals surface area contributed by atoms with Crippen LogP contribution in [0, 0.1) is 0 Å². The van der Waals surface area contributed by atoms with Gasteiger partial charge in [0.15, 0.2) is 0 Å². The molecule has 0 spiro atoms. The molecule has 240 valence electrons. The maximum atomic E-state index is 6.44. The Morgan fingerprint density at radius 1 is 0.650 bits per heavy atom. The van der Waals surface area contributed by atoms with Crippen LogP contribution >= 0.6 is 0 Å². The molecule has 1 fully saturated rings. The second-order valence-electron chi connectivity index (χ2n) is 10.6. The van der Waals surface area contributed by atoms with Crippen LogP contribution in [0.5, 0.6) is 0 Å². The Morgan fingerprint density at radius 3 is 1.85 bits per heavy atom. The van der Waals surface area contributed by atoms with Crippen LogP contribution in [0.2, 0.25) is 0 Å². The zero-order chi connectivity index (χ0) is 28.8. The molecule has 1 saturated heterocycles. The van der Waals surface area contributed by atoms with Crippen LogP contribution in [0.25, 0.3) is 0 Å². The molecule has 0 aromatic heterocycles. The van der Waals surface area contributed by atoms with Gasteiger partial charge in [-0.3, -0.25) is 10.6 Å². The highest BCUT2D eigenvalue weighted by Crippen LogP contribution is 2.13. The summed E-state index contributed by atoms with van der Waals surface area (Å²) < 4.78 is 34.4. The van der Waals surface area contributed by atoms with Crippen LogP contribution in [0.15, 0.2) is 0 Å². The van der Waals surface area contributed by atoms with Crippen LogP contribution in [-0.2, 0) is 28.4 Å². The topological polar surface area (TPSA) is 131 Å². The van der Waals surface area contributed by atoms with Crippen LogP contribution in [0.3, 0.4) is 0 Å². The van der Waals surface area contributed by atoms with E-state index in [9.17, 15) is 0 Å². The SMILES string of the molecule is CCCOCCOCCOCCOCCC1NC(N)CCOCCCCCCCCCCCC(OCCCN)N1. The fourth-order valence-electron chi connectivity index (χ4n) is 4.50. The van der Waals surface area contributed by atoms with Gasteiger partial charge in [0.05, 0.1) is 52.0 Å². The van der Waals surface area contributed by atoms with Crippen molar-refractivity contribution in [2.75, 3.05) is 79.2 Å². The van der Waals surface area contributed by atoms with E-state index in [0.717, 1.165) is 58.2 Å². The minimum absolute atomic E-state index is 0.0239. The molecule has 10 nitrogen and oxygen atoms in total. The van der Waals surface area contributed by atoms with E-state index in [0.29, 0.717) is 66.0 Å². The minimum Gasteiger partial charge on any atom is -0.381 e. The Morgan fingerprint density at radius 2 is 1.23 bits per heavy atom. The van der Waals surface area contributed by atoms with Crippen molar-refractivity contribution in [1.29, 1.82) is 0 Å². The lowest BCUT2D eigenvalue weighted by molar-refractivity contribution is -0.00847. The molecule has 1 rings (SSSR count). The van der Waals surface area contributed by atoms with Crippen molar-refractivity contribution in [3.63, 3.8) is 0 Å². The first-order valence-electron chi connectivity index (χ1n) is 16.2. The number of hydrogen-bond acceptors (Lipinski definition) is 10. The standard InChI is InChI=1S/C30H64N4O6/c1-2-17-35-22-24-38-26-27-39-25-23-37-21-15-29-33-28(32)14-20-36-18-11-9-7-5-3-4-6-8-10-13-30(34-29)40-19-12-16-31/h28-30,33-34H,2-27,31-32H2,1H3. The summed E-state index contributed by atoms with van der Waals surface area (Å²) in [5, 5.41) is 7.21. The molecule has 0 aromatic carbocycles. The van der Waals surface area contributed by atoms with Crippen LogP contribution in [0.4, 0.5) is 0 Å². The van der Waals surface area contributed by atoms with Crippen molar-refractivity contribution in [3.8, 4) is 0 Å². The van der Waals surface area contributed by atoms with Crippen molar-refractivity contribution in [1.82, 2.24) is 10.6 Å². The van der Waals surface area contributed by atoms with E-state index in [4.69, 9.17) is 39.9 Å². The Kier molecular flexibility index (Phi) is 28.3. The van der Waals surface area contributed by atoms with Gasteiger partial charge in [-0.15, -0.1) is 0 Å². The Labute approximate surface area is 245 Å². The van der Waals surface area contributed by atoms with E-state index in [1.165, 1.54) is 44.9 Å². The van der Waals surface area contributed by atoms with Gasteiger partial charge in [-0.05, 0) is 51.5 Å². The molecule has 1 aliphatic heterocycles. The lowest BCUT2D eigenvalue weighted by Gasteiger charge is -2.29. The molecule has 0 aliphatic carbocycles. The van der Waals surface area contributed by atoms with Gasteiger partial charge in [0.1, 0.15) is 6.23 Å². The summed E-state index contributed by atoms with van der Waals surface area (Å²) in [6, 6.07) is 0. The van der Waals surface area contributed by atoms with Gasteiger partial charge in [0.2, 0.25) is 0 Å². The van der Waals surface area contributed by atoms with Crippen molar-refractivity contribution in [3.05, 3.63) is 0 Å². The second kappa shape index (κ2) is 30.1. The highest BCUT2D eigenvalue weighted by Gasteiger charge is 2.18. The number of ether oxygens (including phenoxy) is 6. The van der Waals surface area contributed by atoms with Crippen molar-refractivity contribution in [2.24, 2.45) is 11.5 Å². The Balaban J connectivity index is 2.42. The molecule has 3 atom stereocenters. The molecular weight excluding hydrogens is 512 g/mol. The molecule has 6 N–H and O–H groups in total. The zero-order valence-electron chi connectivity index (χ0n) is 25.7. The molecule has 1 heterocycles. The van der Waals surface area contributed by atoms with E-state index in [1.54, 1.807) is 0 Å². The van der Waals surface area contributed by atoms with E-state index >= 15 is 0 Å². The molecule has 3 unspecified atom stereocenters. The van der Waals surface area contributed by atoms with Gasteiger partial charge in [-0.2, -0.15) is 0 Å². The van der Waals surface area contributed by atoms with E-state index in [1.807, 2.05) is 0 Å². The van der Waals surface area contributed by atoms with Gasteiger partial charge in [0.25, 0.3) is 0 Å². The summed E-state index contributed by atoms with van der Waals surface area (Å²) in [4.78, 5) is 0. The van der Waals surface area contributed by atoms with E-state index in [-0.39, 0.29) is 18.6 Å². The number of hydrogen-bond donors (Lipinski definition) is 4. The smallest absolute Gasteiger partial charge is 0.109 e. The largest absolute Gasteiger partial charge is 0.381 e. The molecule has 1 aliphatic rings. The summed E-state index contributed by atoms with van der Waals surface area (Å²) in [5.74, 6) is 0. The van der Waals surface area contributed by atoms with Crippen LogP contribution in [0.1, 0.15) is 96.8 Å². The van der Waals surface area contributed by atoms with Gasteiger partial charge in [0, 0.05) is 33.0 Å². The quantitative estimate of drug-likeness (QED) is 0.179. The molecule has 0 radical (unpaired) electrons. The first-order chi connectivity index (χ1) is 19.8. The van der Waals surface area contributed by atoms with Crippen LogP contribution in [-0.4, -0.2) is 97.8 Å². The molecule has 10 heteroatoms. The fraction of sp³-hybridized carbons (Fsp3) is 1.00. The van der Waals surface area contributed by atoms with Crippen molar-refractivity contribution in [2.45, 2.75) is 115 Å². The highest BCUT2D eigenvalue weighted by molar-refractivity contribution is 4.72. The van der Waals surface area contributed by atoms with Gasteiger partial charge in [-0.25, -0.2) is 0 Å².